The van der Waals surface area contributed by atoms with Gasteiger partial charge >= 0.3 is 0 Å². The molecule has 6 aromatic rings. The minimum absolute atomic E-state index is 1.10. The molecule has 0 N–H and O–H groups in total. The Hall–Kier alpha value is -3.13. The smallest absolute Gasteiger partial charge is 0.0822 e. The summed E-state index contributed by atoms with van der Waals surface area (Å²) in [5.41, 5.74) is 3.59. The van der Waals surface area contributed by atoms with E-state index in [0.717, 1.165) is 5.52 Å². The maximum Gasteiger partial charge on any atom is 0.0822 e. The number of hydrogen-bond acceptors (Lipinski definition) is 1. The third-order valence-corrected chi connectivity index (χ3v) is 4.96. The van der Waals surface area contributed by atoms with E-state index < -0.39 is 0 Å². The molecular weight excluding hydrogens is 280 g/mol. The third kappa shape index (κ3) is 1.32. The Morgan fingerprint density at radius 3 is 2.48 bits per heavy atom. The van der Waals surface area contributed by atoms with Crippen LogP contribution in [0.4, 0.5) is 0 Å². The number of fused-ring (bicyclic) bond motifs is 4. The zero-order valence-electron chi connectivity index (χ0n) is 12.3. The normalized spacial score (nSPS) is 12.3. The maximum absolute atomic E-state index is 4.73. The Morgan fingerprint density at radius 2 is 1.57 bits per heavy atom. The van der Waals surface area contributed by atoms with E-state index in [1.165, 1.54) is 43.4 Å². The van der Waals surface area contributed by atoms with E-state index >= 15 is 0 Å². The highest BCUT2D eigenvalue weighted by Gasteiger charge is 2.14. The molecule has 0 atom stereocenters. The predicted octanol–water partition coefficient (Wildman–Crippen LogP) is 5.38. The molecule has 0 aliphatic rings. The van der Waals surface area contributed by atoms with Crippen molar-refractivity contribution in [2.75, 3.05) is 0 Å². The second kappa shape index (κ2) is 3.79. The Labute approximate surface area is 131 Å². The second-order valence-electron chi connectivity index (χ2n) is 6.16. The van der Waals surface area contributed by atoms with Crippen molar-refractivity contribution in [3.05, 3.63) is 73.1 Å². The van der Waals surface area contributed by atoms with Crippen molar-refractivity contribution in [3.8, 4) is 0 Å². The molecule has 0 fully saturated rings. The number of nitrogens with zero attached hydrogens (tertiary/aromatic N) is 2. The summed E-state index contributed by atoms with van der Waals surface area (Å²) in [6.45, 7) is 0. The molecule has 0 radical (unpaired) electrons. The quantitative estimate of drug-likeness (QED) is 0.271. The number of aromatic nitrogens is 2. The van der Waals surface area contributed by atoms with E-state index in [9.17, 15) is 0 Å². The lowest BCUT2D eigenvalue weighted by Gasteiger charge is -2.12. The predicted molar refractivity (Wildman–Crippen MR) is 96.4 cm³/mol. The lowest BCUT2D eigenvalue weighted by molar-refractivity contribution is 1.28. The first-order chi connectivity index (χ1) is 11.4. The summed E-state index contributed by atoms with van der Waals surface area (Å²) in [6.07, 6.45) is 4.09. The van der Waals surface area contributed by atoms with Crippen molar-refractivity contribution in [2.45, 2.75) is 0 Å². The molecular formula is C21H12N2. The first-order valence-corrected chi connectivity index (χ1v) is 7.82. The molecule has 0 aliphatic heterocycles. The van der Waals surface area contributed by atoms with Crippen LogP contribution >= 0.6 is 0 Å². The van der Waals surface area contributed by atoms with Gasteiger partial charge in [-0.15, -0.1) is 0 Å². The SMILES string of the molecule is c1ccc2cc3c(cc2c1)c1nccc2ccc4ccn3c4c21. The van der Waals surface area contributed by atoms with Crippen molar-refractivity contribution < 1.29 is 0 Å². The number of hydrogen-bond donors (Lipinski definition) is 0. The molecule has 3 aromatic carbocycles. The van der Waals surface area contributed by atoms with Crippen LogP contribution in [0.25, 0.3) is 48.9 Å². The Balaban J connectivity index is 2.05. The van der Waals surface area contributed by atoms with Crippen LogP contribution in [-0.2, 0) is 0 Å². The van der Waals surface area contributed by atoms with Gasteiger partial charge in [0.2, 0.25) is 0 Å². The largest absolute Gasteiger partial charge is 0.315 e. The van der Waals surface area contributed by atoms with E-state index in [0.29, 0.717) is 0 Å². The maximum atomic E-state index is 4.73. The fourth-order valence-corrected chi connectivity index (χ4v) is 3.91. The van der Waals surface area contributed by atoms with Gasteiger partial charge in [0, 0.05) is 28.6 Å². The minimum Gasteiger partial charge on any atom is -0.315 e. The summed E-state index contributed by atoms with van der Waals surface area (Å²) in [5, 5.41) is 7.52. The summed E-state index contributed by atoms with van der Waals surface area (Å²) < 4.78 is 2.31. The van der Waals surface area contributed by atoms with Crippen molar-refractivity contribution >= 4 is 48.9 Å². The molecule has 2 heteroatoms. The van der Waals surface area contributed by atoms with Crippen LogP contribution < -0.4 is 0 Å². The van der Waals surface area contributed by atoms with Gasteiger partial charge in [0.25, 0.3) is 0 Å². The zero-order valence-corrected chi connectivity index (χ0v) is 12.3. The fourth-order valence-electron chi connectivity index (χ4n) is 3.91. The van der Waals surface area contributed by atoms with Gasteiger partial charge in [0.1, 0.15) is 0 Å². The third-order valence-electron chi connectivity index (χ3n) is 4.96. The lowest BCUT2D eigenvalue weighted by atomic mass is 10.0. The van der Waals surface area contributed by atoms with Gasteiger partial charge < -0.3 is 4.40 Å². The Morgan fingerprint density at radius 1 is 0.739 bits per heavy atom. The van der Waals surface area contributed by atoms with Crippen molar-refractivity contribution in [3.63, 3.8) is 0 Å². The van der Waals surface area contributed by atoms with E-state index in [4.69, 9.17) is 4.98 Å². The number of rotatable bonds is 0. The average molecular weight is 292 g/mol. The van der Waals surface area contributed by atoms with Gasteiger partial charge in [0.05, 0.1) is 16.6 Å². The molecule has 0 amide bonds. The molecule has 0 saturated carbocycles. The average Bonchev–Trinajstić information content (AvgIpc) is 3.04. The van der Waals surface area contributed by atoms with Crippen LogP contribution in [0.5, 0.6) is 0 Å². The first kappa shape index (κ1) is 11.4. The van der Waals surface area contributed by atoms with Gasteiger partial charge in [-0.25, -0.2) is 0 Å². The van der Waals surface area contributed by atoms with Gasteiger partial charge in [0.15, 0.2) is 0 Å². The molecule has 0 aliphatic carbocycles. The Bertz CT molecular complexity index is 1360. The molecule has 106 valence electrons. The summed E-state index contributed by atoms with van der Waals surface area (Å²) in [6, 6.07) is 21.8. The highest BCUT2D eigenvalue weighted by Crippen LogP contribution is 2.36. The fraction of sp³-hybridized carbons (Fsp3) is 0. The first-order valence-electron chi connectivity index (χ1n) is 7.82. The molecule has 2 nitrogen and oxygen atoms in total. The minimum atomic E-state index is 1.10. The van der Waals surface area contributed by atoms with E-state index in [-0.39, 0.29) is 0 Å². The molecule has 23 heavy (non-hydrogen) atoms. The van der Waals surface area contributed by atoms with Gasteiger partial charge in [-0.3, -0.25) is 4.98 Å². The van der Waals surface area contributed by atoms with Crippen LogP contribution in [0.3, 0.4) is 0 Å². The number of benzene rings is 3. The molecule has 3 aromatic heterocycles. The molecule has 0 saturated heterocycles. The number of pyridine rings is 2. The highest BCUT2D eigenvalue weighted by atomic mass is 14.9. The highest BCUT2D eigenvalue weighted by molar-refractivity contribution is 6.23. The zero-order chi connectivity index (χ0) is 15.0. The van der Waals surface area contributed by atoms with Crippen LogP contribution in [0.15, 0.2) is 73.1 Å². The molecule has 0 bridgehead atoms. The van der Waals surface area contributed by atoms with Crippen LogP contribution in [0.1, 0.15) is 0 Å². The van der Waals surface area contributed by atoms with Crippen LogP contribution in [0, 0.1) is 0 Å². The van der Waals surface area contributed by atoms with Crippen molar-refractivity contribution in [1.29, 1.82) is 0 Å². The standard InChI is InChI=1S/C21H12N2/c1-2-4-16-12-18-17(11-15(16)3-1)20-19-13(7-9-22-20)5-6-14-8-10-23(18)21(14)19/h1-12H. The van der Waals surface area contributed by atoms with E-state index in [1.54, 1.807) is 0 Å². The summed E-state index contributed by atoms with van der Waals surface area (Å²) >= 11 is 0. The molecule has 0 spiro atoms. The molecule has 0 unspecified atom stereocenters. The van der Waals surface area contributed by atoms with Crippen molar-refractivity contribution in [2.24, 2.45) is 0 Å². The molecule has 3 heterocycles. The van der Waals surface area contributed by atoms with Crippen molar-refractivity contribution in [1.82, 2.24) is 9.38 Å². The van der Waals surface area contributed by atoms with E-state index in [1.807, 2.05) is 6.20 Å². The van der Waals surface area contributed by atoms with Gasteiger partial charge in [-0.1, -0.05) is 36.4 Å². The van der Waals surface area contributed by atoms with Crippen LogP contribution in [0.2, 0.25) is 0 Å². The second-order valence-corrected chi connectivity index (χ2v) is 6.16. The Kier molecular flexibility index (Phi) is 1.89. The summed E-state index contributed by atoms with van der Waals surface area (Å²) in [5.74, 6) is 0. The van der Waals surface area contributed by atoms with E-state index in [2.05, 4.69) is 71.3 Å². The van der Waals surface area contributed by atoms with Gasteiger partial charge in [-0.05, 0) is 40.4 Å². The topological polar surface area (TPSA) is 17.3 Å². The van der Waals surface area contributed by atoms with Gasteiger partial charge in [-0.2, -0.15) is 0 Å². The molecule has 6 rings (SSSR count). The summed E-state index contributed by atoms with van der Waals surface area (Å²) in [4.78, 5) is 4.73. The summed E-state index contributed by atoms with van der Waals surface area (Å²) in [7, 11) is 0. The van der Waals surface area contributed by atoms with Crippen LogP contribution in [-0.4, -0.2) is 9.38 Å². The lowest BCUT2D eigenvalue weighted by Crippen LogP contribution is -1.93. The monoisotopic (exact) mass is 292 g/mol.